The summed E-state index contributed by atoms with van der Waals surface area (Å²) in [5, 5.41) is 18.6. The van der Waals surface area contributed by atoms with Gasteiger partial charge >= 0.3 is 0 Å². The Morgan fingerprint density at radius 2 is 2.31 bits per heavy atom. The molecule has 0 spiro atoms. The SMILES string of the molecule is CC1CCC(O)(Cc2cn(C)nn2)C(C)C1. The fraction of sp³-hybridized carbons (Fsp3) is 0.833. The molecule has 1 aliphatic rings. The summed E-state index contributed by atoms with van der Waals surface area (Å²) in [5.41, 5.74) is 0.314. The van der Waals surface area contributed by atoms with Crippen LogP contribution in [0.25, 0.3) is 0 Å². The van der Waals surface area contributed by atoms with Gasteiger partial charge in [-0.1, -0.05) is 19.1 Å². The van der Waals surface area contributed by atoms with Crippen LogP contribution in [-0.4, -0.2) is 25.7 Å². The second-order valence-corrected chi connectivity index (χ2v) is 5.44. The molecule has 1 N–H and O–H groups in total. The van der Waals surface area contributed by atoms with Crippen LogP contribution in [0.2, 0.25) is 0 Å². The molecule has 0 saturated heterocycles. The smallest absolute Gasteiger partial charge is 0.0855 e. The van der Waals surface area contributed by atoms with E-state index >= 15 is 0 Å². The normalized spacial score (nSPS) is 35.2. The highest BCUT2D eigenvalue weighted by atomic mass is 16.3. The van der Waals surface area contributed by atoms with Crippen LogP contribution < -0.4 is 0 Å². The number of rotatable bonds is 2. The summed E-state index contributed by atoms with van der Waals surface area (Å²) < 4.78 is 1.69. The second kappa shape index (κ2) is 4.17. The summed E-state index contributed by atoms with van der Waals surface area (Å²) in [6, 6.07) is 0. The Morgan fingerprint density at radius 1 is 1.56 bits per heavy atom. The third kappa shape index (κ3) is 2.26. The molecule has 3 atom stereocenters. The fourth-order valence-corrected chi connectivity index (χ4v) is 2.74. The highest BCUT2D eigenvalue weighted by Gasteiger charge is 2.38. The van der Waals surface area contributed by atoms with Crippen LogP contribution in [0.4, 0.5) is 0 Å². The van der Waals surface area contributed by atoms with Gasteiger partial charge in [0.1, 0.15) is 0 Å². The third-order valence-corrected chi connectivity index (χ3v) is 3.88. The minimum absolute atomic E-state index is 0.346. The third-order valence-electron chi connectivity index (χ3n) is 3.88. The Hall–Kier alpha value is -0.900. The first kappa shape index (κ1) is 11.6. The zero-order chi connectivity index (χ0) is 11.8. The van der Waals surface area contributed by atoms with Crippen LogP contribution in [0.5, 0.6) is 0 Å². The Morgan fingerprint density at radius 3 is 2.88 bits per heavy atom. The van der Waals surface area contributed by atoms with E-state index in [-0.39, 0.29) is 0 Å². The van der Waals surface area contributed by atoms with Crippen molar-refractivity contribution in [3.05, 3.63) is 11.9 Å². The predicted octanol–water partition coefficient (Wildman–Crippen LogP) is 1.54. The van der Waals surface area contributed by atoms with E-state index in [0.29, 0.717) is 12.3 Å². The summed E-state index contributed by atoms with van der Waals surface area (Å²) >= 11 is 0. The van der Waals surface area contributed by atoms with E-state index in [9.17, 15) is 5.11 Å². The van der Waals surface area contributed by atoms with Gasteiger partial charge in [0.25, 0.3) is 0 Å². The lowest BCUT2D eigenvalue weighted by Gasteiger charge is -2.40. The maximum atomic E-state index is 10.6. The molecule has 3 unspecified atom stereocenters. The minimum Gasteiger partial charge on any atom is -0.389 e. The van der Waals surface area contributed by atoms with E-state index in [0.717, 1.165) is 30.9 Å². The van der Waals surface area contributed by atoms with Crippen molar-refractivity contribution in [3.63, 3.8) is 0 Å². The van der Waals surface area contributed by atoms with Crippen molar-refractivity contribution in [1.29, 1.82) is 0 Å². The highest BCUT2D eigenvalue weighted by molar-refractivity contribution is 5.02. The van der Waals surface area contributed by atoms with Crippen molar-refractivity contribution in [1.82, 2.24) is 15.0 Å². The van der Waals surface area contributed by atoms with Gasteiger partial charge in [-0.3, -0.25) is 4.68 Å². The van der Waals surface area contributed by atoms with Gasteiger partial charge in [0.15, 0.2) is 0 Å². The topological polar surface area (TPSA) is 50.9 Å². The van der Waals surface area contributed by atoms with Crippen LogP contribution in [0.15, 0.2) is 6.20 Å². The molecular formula is C12H21N3O. The molecule has 1 heterocycles. The quantitative estimate of drug-likeness (QED) is 0.827. The molecule has 16 heavy (non-hydrogen) atoms. The zero-order valence-electron chi connectivity index (χ0n) is 10.3. The molecule has 1 aliphatic carbocycles. The van der Waals surface area contributed by atoms with Crippen molar-refractivity contribution in [2.45, 2.75) is 45.1 Å². The molecule has 0 bridgehead atoms. The van der Waals surface area contributed by atoms with Crippen molar-refractivity contribution in [3.8, 4) is 0 Å². The zero-order valence-corrected chi connectivity index (χ0v) is 10.3. The van der Waals surface area contributed by atoms with Gasteiger partial charge in [-0.05, 0) is 31.1 Å². The molecule has 0 radical (unpaired) electrons. The van der Waals surface area contributed by atoms with Crippen LogP contribution in [-0.2, 0) is 13.5 Å². The van der Waals surface area contributed by atoms with Gasteiger partial charge in [0, 0.05) is 19.7 Å². The van der Waals surface area contributed by atoms with Gasteiger partial charge < -0.3 is 5.11 Å². The van der Waals surface area contributed by atoms with E-state index in [2.05, 4.69) is 24.2 Å². The van der Waals surface area contributed by atoms with E-state index in [1.807, 2.05) is 13.2 Å². The molecule has 1 saturated carbocycles. The number of aryl methyl sites for hydroxylation is 1. The number of hydrogen-bond donors (Lipinski definition) is 1. The van der Waals surface area contributed by atoms with Crippen LogP contribution in [0.3, 0.4) is 0 Å². The maximum absolute atomic E-state index is 10.6. The lowest BCUT2D eigenvalue weighted by Crippen LogP contribution is -2.43. The Kier molecular flexibility index (Phi) is 3.02. The summed E-state index contributed by atoms with van der Waals surface area (Å²) in [6.07, 6.45) is 5.63. The average Bonchev–Trinajstić information content (AvgIpc) is 2.59. The van der Waals surface area contributed by atoms with Crippen molar-refractivity contribution < 1.29 is 5.11 Å². The first-order valence-electron chi connectivity index (χ1n) is 6.07. The van der Waals surface area contributed by atoms with E-state index < -0.39 is 5.60 Å². The molecule has 0 amide bonds. The lowest BCUT2D eigenvalue weighted by atomic mass is 9.70. The summed E-state index contributed by atoms with van der Waals surface area (Å²) in [5.74, 6) is 1.08. The van der Waals surface area contributed by atoms with Crippen LogP contribution in [0, 0.1) is 11.8 Å². The van der Waals surface area contributed by atoms with Gasteiger partial charge in [0.05, 0.1) is 11.3 Å². The summed E-state index contributed by atoms with van der Waals surface area (Å²) in [7, 11) is 1.85. The first-order chi connectivity index (χ1) is 7.49. The fourth-order valence-electron chi connectivity index (χ4n) is 2.74. The first-order valence-corrected chi connectivity index (χ1v) is 6.07. The monoisotopic (exact) mass is 223 g/mol. The van der Waals surface area contributed by atoms with E-state index in [1.165, 1.54) is 0 Å². The van der Waals surface area contributed by atoms with Gasteiger partial charge in [0.2, 0.25) is 0 Å². The number of nitrogens with zero attached hydrogens (tertiary/aromatic N) is 3. The molecule has 2 rings (SSSR count). The number of hydrogen-bond acceptors (Lipinski definition) is 3. The summed E-state index contributed by atoms with van der Waals surface area (Å²) in [6.45, 7) is 4.41. The second-order valence-electron chi connectivity index (χ2n) is 5.44. The average molecular weight is 223 g/mol. The van der Waals surface area contributed by atoms with Crippen LogP contribution in [0.1, 0.15) is 38.8 Å². The summed E-state index contributed by atoms with van der Waals surface area (Å²) in [4.78, 5) is 0. The van der Waals surface area contributed by atoms with E-state index in [1.54, 1.807) is 4.68 Å². The predicted molar refractivity (Wildman–Crippen MR) is 61.8 cm³/mol. The minimum atomic E-state index is -0.581. The van der Waals surface area contributed by atoms with E-state index in [4.69, 9.17) is 0 Å². The molecule has 0 aromatic carbocycles. The molecule has 4 nitrogen and oxygen atoms in total. The van der Waals surface area contributed by atoms with Crippen molar-refractivity contribution >= 4 is 0 Å². The molecule has 1 aromatic heterocycles. The van der Waals surface area contributed by atoms with Gasteiger partial charge in [-0.15, -0.1) is 5.10 Å². The van der Waals surface area contributed by atoms with Crippen LogP contribution >= 0.6 is 0 Å². The van der Waals surface area contributed by atoms with Crippen molar-refractivity contribution in [2.24, 2.45) is 18.9 Å². The Bertz CT molecular complexity index is 363. The molecule has 0 aliphatic heterocycles. The van der Waals surface area contributed by atoms with Crippen molar-refractivity contribution in [2.75, 3.05) is 0 Å². The maximum Gasteiger partial charge on any atom is 0.0855 e. The van der Waals surface area contributed by atoms with Gasteiger partial charge in [-0.2, -0.15) is 0 Å². The molecule has 90 valence electrons. The molecule has 1 aromatic rings. The number of aromatic nitrogens is 3. The lowest BCUT2D eigenvalue weighted by molar-refractivity contribution is -0.0529. The number of aliphatic hydroxyl groups is 1. The largest absolute Gasteiger partial charge is 0.389 e. The standard InChI is InChI=1S/C12H21N3O/c1-9-4-5-12(16,10(2)6-9)7-11-8-15(3)14-13-11/h8-10,16H,4-7H2,1-3H3. The molecule has 1 fully saturated rings. The highest BCUT2D eigenvalue weighted by Crippen LogP contribution is 2.38. The Labute approximate surface area is 96.7 Å². The van der Waals surface area contributed by atoms with Gasteiger partial charge in [-0.25, -0.2) is 0 Å². The molecular weight excluding hydrogens is 202 g/mol. The molecule has 4 heteroatoms. The Balaban J connectivity index is 2.07.